The van der Waals surface area contributed by atoms with Gasteiger partial charge in [0.15, 0.2) is 6.29 Å². The van der Waals surface area contributed by atoms with Crippen molar-refractivity contribution < 1.29 is 86.1 Å². The van der Waals surface area contributed by atoms with Gasteiger partial charge in [0, 0.05) is 0 Å². The molecule has 0 aromatic rings. The van der Waals surface area contributed by atoms with Crippen LogP contribution in [0.15, 0.2) is 0 Å². The van der Waals surface area contributed by atoms with Gasteiger partial charge in [-0.1, -0.05) is 0 Å². The molecule has 0 aromatic heterocycles. The van der Waals surface area contributed by atoms with E-state index < -0.39 is 113 Å². The van der Waals surface area contributed by atoms with Crippen LogP contribution in [-0.2, 0) is 9.47 Å². The molecule has 1 aliphatic heterocycles. The van der Waals surface area contributed by atoms with E-state index >= 15 is 0 Å². The van der Waals surface area contributed by atoms with Gasteiger partial charge in [0.05, 0.1) is 33.0 Å². The largest absolute Gasteiger partial charge is 0.394 e. The fraction of sp³-hybridized carbons (Fsp3) is 1.00. The molecule has 17 heteroatoms. The van der Waals surface area contributed by atoms with Gasteiger partial charge in [-0.25, -0.2) is 0 Å². The molecule has 0 aromatic carbocycles. The highest BCUT2D eigenvalue weighted by molar-refractivity contribution is 4.91. The minimum atomic E-state index is -1.85. The van der Waals surface area contributed by atoms with Gasteiger partial charge in [0.1, 0.15) is 73.2 Å². The Morgan fingerprint density at radius 1 is 0.543 bits per heavy atom. The lowest BCUT2D eigenvalue weighted by molar-refractivity contribution is -0.327. The number of aliphatic hydroxyl groups excluding tert-OH is 15. The van der Waals surface area contributed by atoms with Crippen molar-refractivity contribution in [3.8, 4) is 0 Å². The van der Waals surface area contributed by atoms with Gasteiger partial charge in [-0.15, -0.1) is 0 Å². The van der Waals surface area contributed by atoms with Crippen molar-refractivity contribution in [3.05, 3.63) is 0 Å². The van der Waals surface area contributed by atoms with Crippen LogP contribution in [0.1, 0.15) is 0 Å². The van der Waals surface area contributed by atoms with E-state index in [1.165, 1.54) is 0 Å². The summed E-state index contributed by atoms with van der Waals surface area (Å²) in [6, 6.07) is 0. The molecule has 35 heavy (non-hydrogen) atoms. The second kappa shape index (κ2) is 16.9. The summed E-state index contributed by atoms with van der Waals surface area (Å²) >= 11 is 0. The fourth-order valence-electron chi connectivity index (χ4n) is 2.84. The van der Waals surface area contributed by atoms with Gasteiger partial charge in [-0.05, 0) is 0 Å². The molecule has 13 atom stereocenters. The summed E-state index contributed by atoms with van der Waals surface area (Å²) in [6.45, 7) is -3.91. The summed E-state index contributed by atoms with van der Waals surface area (Å²) in [5, 5.41) is 137. The Kier molecular flexibility index (Phi) is 16.6. The van der Waals surface area contributed by atoms with Gasteiger partial charge in [-0.3, -0.25) is 0 Å². The van der Waals surface area contributed by atoms with Crippen molar-refractivity contribution in [2.24, 2.45) is 0 Å². The SMILES string of the molecule is OC[C@@H](O)[C@@H](O)[C@H](O)[C@H](O)CO.OC[C@@H](O)[C@@H](O[C@@H]1O[C@H](CO)[C@H](O)[C@H](O)[C@H]1O)[C@H](O)[C@@H](O)CO. The van der Waals surface area contributed by atoms with Crippen LogP contribution in [0, 0.1) is 0 Å². The Morgan fingerprint density at radius 2 is 0.943 bits per heavy atom. The molecule has 0 amide bonds. The minimum absolute atomic E-state index is 0.708. The van der Waals surface area contributed by atoms with E-state index in [-0.39, 0.29) is 0 Å². The standard InChI is InChI=1S/C12H24O11.C6H14O6/c13-1-4(16)7(18)11(5(17)2-14)23-12-10(21)9(20)8(19)6(3-15)22-12;7-1-3(9)5(11)6(12)4(10)2-8/h4-21H,1-3H2;3-12H,1-2H2/t4-,5+,6+,7+,8-,9-,10+,11+,12-;3-,4-,5-,6-/m01/s1. The second-order valence-electron chi connectivity index (χ2n) is 7.77. The molecule has 0 unspecified atom stereocenters. The first-order chi connectivity index (χ1) is 16.3. The van der Waals surface area contributed by atoms with Crippen LogP contribution in [0.5, 0.6) is 0 Å². The van der Waals surface area contributed by atoms with E-state index in [2.05, 4.69) is 0 Å². The van der Waals surface area contributed by atoms with E-state index in [4.69, 9.17) is 55.4 Å². The van der Waals surface area contributed by atoms with Gasteiger partial charge in [0.25, 0.3) is 0 Å². The van der Waals surface area contributed by atoms with Crippen molar-refractivity contribution in [2.75, 3.05) is 33.0 Å². The topological polar surface area (TPSA) is 322 Å². The van der Waals surface area contributed by atoms with Crippen LogP contribution >= 0.6 is 0 Å². The predicted molar refractivity (Wildman–Crippen MR) is 109 cm³/mol. The van der Waals surface area contributed by atoms with E-state index in [0.717, 1.165) is 0 Å². The Bertz CT molecular complexity index is 527. The first-order valence-corrected chi connectivity index (χ1v) is 10.5. The molecule has 1 fully saturated rings. The van der Waals surface area contributed by atoms with Gasteiger partial charge in [-0.2, -0.15) is 0 Å². The summed E-state index contributed by atoms with van der Waals surface area (Å²) in [5.74, 6) is 0. The number of rotatable bonds is 13. The molecule has 1 saturated heterocycles. The molecule has 17 nitrogen and oxygen atoms in total. The van der Waals surface area contributed by atoms with Gasteiger partial charge >= 0.3 is 0 Å². The third-order valence-electron chi connectivity index (χ3n) is 5.14. The number of ether oxygens (including phenoxy) is 2. The van der Waals surface area contributed by atoms with Crippen LogP contribution in [-0.4, -0.2) is 189 Å². The highest BCUT2D eigenvalue weighted by Gasteiger charge is 2.46. The maximum atomic E-state index is 9.83. The molecule has 0 bridgehead atoms. The van der Waals surface area contributed by atoms with Gasteiger partial charge in [0.2, 0.25) is 0 Å². The van der Waals surface area contributed by atoms with Crippen molar-refractivity contribution in [1.29, 1.82) is 0 Å². The van der Waals surface area contributed by atoms with Gasteiger partial charge < -0.3 is 86.1 Å². The van der Waals surface area contributed by atoms with Crippen LogP contribution < -0.4 is 0 Å². The molecule has 1 aliphatic rings. The minimum Gasteiger partial charge on any atom is -0.394 e. The third kappa shape index (κ3) is 9.95. The smallest absolute Gasteiger partial charge is 0.187 e. The first kappa shape index (κ1) is 34.3. The molecule has 0 aliphatic carbocycles. The van der Waals surface area contributed by atoms with Crippen molar-refractivity contribution >= 4 is 0 Å². The predicted octanol–water partition coefficient (Wildman–Crippen LogP) is -9.35. The summed E-state index contributed by atoms with van der Waals surface area (Å²) in [4.78, 5) is 0. The lowest BCUT2D eigenvalue weighted by atomic mass is 9.98. The molecule has 15 N–H and O–H groups in total. The number of hydrogen-bond acceptors (Lipinski definition) is 17. The Balaban J connectivity index is 0.000000814. The average molecular weight is 526 g/mol. The molecule has 1 heterocycles. The Morgan fingerprint density at radius 3 is 1.31 bits per heavy atom. The zero-order valence-corrected chi connectivity index (χ0v) is 18.6. The summed E-state index contributed by atoms with van der Waals surface area (Å²) < 4.78 is 10.1. The molecule has 1 rings (SSSR count). The van der Waals surface area contributed by atoms with E-state index in [9.17, 15) is 30.6 Å². The monoisotopic (exact) mass is 526 g/mol. The second-order valence-corrected chi connectivity index (χ2v) is 7.77. The lowest BCUT2D eigenvalue weighted by Gasteiger charge is -2.42. The number of hydrogen-bond donors (Lipinski definition) is 15. The zero-order chi connectivity index (χ0) is 27.5. The highest BCUT2D eigenvalue weighted by Crippen LogP contribution is 2.24. The molecular weight excluding hydrogens is 488 g/mol. The maximum Gasteiger partial charge on any atom is 0.187 e. The highest BCUT2D eigenvalue weighted by atomic mass is 16.7. The zero-order valence-electron chi connectivity index (χ0n) is 18.6. The summed E-state index contributed by atoms with van der Waals surface area (Å²) in [6.07, 6.45) is -21.5. The van der Waals surface area contributed by atoms with E-state index in [1.807, 2.05) is 0 Å². The van der Waals surface area contributed by atoms with Crippen LogP contribution in [0.3, 0.4) is 0 Å². The molecular formula is C18H38O17. The van der Waals surface area contributed by atoms with Crippen molar-refractivity contribution in [2.45, 2.75) is 79.5 Å². The first-order valence-electron chi connectivity index (χ1n) is 10.5. The Labute approximate surface area is 199 Å². The molecule has 212 valence electrons. The average Bonchev–Trinajstić information content (AvgIpc) is 2.88. The van der Waals surface area contributed by atoms with Crippen LogP contribution in [0.25, 0.3) is 0 Å². The number of aliphatic hydroxyl groups is 15. The van der Waals surface area contributed by atoms with Crippen LogP contribution in [0.2, 0.25) is 0 Å². The molecule has 0 spiro atoms. The molecule has 0 radical (unpaired) electrons. The maximum absolute atomic E-state index is 9.83. The fourth-order valence-corrected chi connectivity index (χ4v) is 2.84. The lowest BCUT2D eigenvalue weighted by Crippen LogP contribution is -2.61. The summed E-state index contributed by atoms with van der Waals surface area (Å²) in [7, 11) is 0. The Hall–Kier alpha value is -0.680. The normalized spacial score (nSPS) is 31.8. The third-order valence-corrected chi connectivity index (χ3v) is 5.14. The van der Waals surface area contributed by atoms with E-state index in [0.29, 0.717) is 0 Å². The molecule has 0 saturated carbocycles. The van der Waals surface area contributed by atoms with Crippen molar-refractivity contribution in [1.82, 2.24) is 0 Å². The summed E-state index contributed by atoms with van der Waals surface area (Å²) in [5.41, 5.74) is 0. The quantitative estimate of drug-likeness (QED) is 0.106. The van der Waals surface area contributed by atoms with E-state index in [1.54, 1.807) is 0 Å². The van der Waals surface area contributed by atoms with Crippen LogP contribution in [0.4, 0.5) is 0 Å². The van der Waals surface area contributed by atoms with Crippen molar-refractivity contribution in [3.63, 3.8) is 0 Å².